The average Bonchev–Trinajstić information content (AvgIpc) is 3.17. The molecule has 10 heteroatoms. The maximum absolute atomic E-state index is 12.5. The quantitative estimate of drug-likeness (QED) is 0.491. The van der Waals surface area contributed by atoms with Gasteiger partial charge in [0.25, 0.3) is 0 Å². The molecule has 0 saturated carbocycles. The van der Waals surface area contributed by atoms with Crippen LogP contribution in [0.25, 0.3) is 16.9 Å². The van der Waals surface area contributed by atoms with E-state index in [1.165, 1.54) is 18.5 Å². The van der Waals surface area contributed by atoms with Crippen LogP contribution in [0.5, 0.6) is 0 Å². The number of anilines is 2. The van der Waals surface area contributed by atoms with Gasteiger partial charge in [-0.05, 0) is 36.8 Å². The molecule has 4 aromatic rings. The van der Waals surface area contributed by atoms with Crippen LogP contribution in [0, 0.1) is 0 Å². The van der Waals surface area contributed by atoms with Gasteiger partial charge >= 0.3 is 12.1 Å². The first-order valence-corrected chi connectivity index (χ1v) is 9.31. The van der Waals surface area contributed by atoms with Crippen LogP contribution < -0.4 is 10.6 Å². The van der Waals surface area contributed by atoms with Crippen molar-refractivity contribution in [1.29, 1.82) is 0 Å². The first kappa shape index (κ1) is 20.3. The number of rotatable bonds is 5. The third kappa shape index (κ3) is 4.47. The molecule has 1 amide bonds. The van der Waals surface area contributed by atoms with Gasteiger partial charge in [-0.2, -0.15) is 18.2 Å². The Hall–Kier alpha value is -3.95. The van der Waals surface area contributed by atoms with Crippen molar-refractivity contribution in [2.24, 2.45) is 0 Å². The Labute approximate surface area is 175 Å². The van der Waals surface area contributed by atoms with Gasteiger partial charge in [0.2, 0.25) is 5.95 Å². The second kappa shape index (κ2) is 8.05. The van der Waals surface area contributed by atoms with Gasteiger partial charge in [-0.15, -0.1) is 0 Å². The van der Waals surface area contributed by atoms with Crippen LogP contribution in [-0.4, -0.2) is 31.6 Å². The van der Waals surface area contributed by atoms with Crippen LogP contribution in [0.15, 0.2) is 67.1 Å². The van der Waals surface area contributed by atoms with Gasteiger partial charge in [-0.1, -0.05) is 30.3 Å². The van der Waals surface area contributed by atoms with Gasteiger partial charge in [0.05, 0.1) is 17.1 Å². The molecule has 0 aliphatic carbocycles. The SMILES string of the molecule is CC(Nc1nccc(-n2cnc3cc(NC(=O)C(F)(F)F)ccc32)n1)c1ccccc1. The molecule has 0 bridgehead atoms. The van der Waals surface area contributed by atoms with Crippen LogP contribution in [0.3, 0.4) is 0 Å². The van der Waals surface area contributed by atoms with Crippen LogP contribution in [0.1, 0.15) is 18.5 Å². The molecule has 0 radical (unpaired) electrons. The minimum absolute atomic E-state index is 0.00167. The summed E-state index contributed by atoms with van der Waals surface area (Å²) in [5.74, 6) is -1.08. The summed E-state index contributed by atoms with van der Waals surface area (Å²) >= 11 is 0. The molecule has 158 valence electrons. The normalized spacial score (nSPS) is 12.5. The van der Waals surface area contributed by atoms with Crippen molar-refractivity contribution in [2.45, 2.75) is 19.1 Å². The lowest BCUT2D eigenvalue weighted by Gasteiger charge is -2.14. The largest absolute Gasteiger partial charge is 0.471 e. The fraction of sp³-hybridized carbons (Fsp3) is 0.143. The zero-order chi connectivity index (χ0) is 22.0. The summed E-state index contributed by atoms with van der Waals surface area (Å²) in [4.78, 5) is 24.1. The highest BCUT2D eigenvalue weighted by atomic mass is 19.4. The first-order chi connectivity index (χ1) is 14.8. The molecule has 0 saturated heterocycles. The van der Waals surface area contributed by atoms with E-state index < -0.39 is 12.1 Å². The Morgan fingerprint density at radius 3 is 2.58 bits per heavy atom. The number of nitrogens with one attached hydrogen (secondary N) is 2. The first-order valence-electron chi connectivity index (χ1n) is 9.31. The fourth-order valence-corrected chi connectivity index (χ4v) is 3.05. The average molecular weight is 426 g/mol. The molecule has 4 rings (SSSR count). The van der Waals surface area contributed by atoms with E-state index in [2.05, 4.69) is 20.3 Å². The van der Waals surface area contributed by atoms with Crippen LogP contribution >= 0.6 is 0 Å². The Morgan fingerprint density at radius 1 is 1.06 bits per heavy atom. The predicted molar refractivity (Wildman–Crippen MR) is 110 cm³/mol. The number of fused-ring (bicyclic) bond motifs is 1. The highest BCUT2D eigenvalue weighted by Crippen LogP contribution is 2.24. The second-order valence-corrected chi connectivity index (χ2v) is 6.79. The molecule has 31 heavy (non-hydrogen) atoms. The summed E-state index contributed by atoms with van der Waals surface area (Å²) in [6.45, 7) is 1.99. The van der Waals surface area contributed by atoms with Crippen molar-refractivity contribution in [3.8, 4) is 5.82 Å². The minimum atomic E-state index is -4.96. The van der Waals surface area contributed by atoms with Crippen molar-refractivity contribution in [1.82, 2.24) is 19.5 Å². The van der Waals surface area contributed by atoms with Crippen molar-refractivity contribution >= 4 is 28.6 Å². The van der Waals surface area contributed by atoms with E-state index in [1.807, 2.05) is 42.6 Å². The molecule has 2 aromatic carbocycles. The summed E-state index contributed by atoms with van der Waals surface area (Å²) in [6, 6.07) is 15.8. The Balaban J connectivity index is 1.58. The highest BCUT2D eigenvalue weighted by Gasteiger charge is 2.38. The molecule has 2 heterocycles. The lowest BCUT2D eigenvalue weighted by atomic mass is 10.1. The third-order valence-corrected chi connectivity index (χ3v) is 4.60. The molecule has 2 aromatic heterocycles. The van der Waals surface area contributed by atoms with Crippen molar-refractivity contribution in [2.75, 3.05) is 10.6 Å². The van der Waals surface area contributed by atoms with E-state index in [0.29, 0.717) is 22.8 Å². The van der Waals surface area contributed by atoms with Gasteiger partial charge in [0.1, 0.15) is 12.1 Å². The molecular formula is C21H17F3N6O. The maximum atomic E-state index is 12.5. The summed E-state index contributed by atoms with van der Waals surface area (Å²) in [6.07, 6.45) is -1.85. The summed E-state index contributed by atoms with van der Waals surface area (Å²) in [5, 5.41) is 5.06. The molecule has 0 spiro atoms. The summed E-state index contributed by atoms with van der Waals surface area (Å²) in [5.41, 5.74) is 2.11. The van der Waals surface area contributed by atoms with E-state index in [9.17, 15) is 18.0 Å². The number of halogens is 3. The Bertz CT molecular complexity index is 1220. The number of hydrogen-bond donors (Lipinski definition) is 2. The van der Waals surface area contributed by atoms with Crippen molar-refractivity contribution in [3.05, 3.63) is 72.7 Å². The third-order valence-electron chi connectivity index (χ3n) is 4.60. The van der Waals surface area contributed by atoms with Crippen molar-refractivity contribution in [3.63, 3.8) is 0 Å². The number of carbonyl (C=O) groups excluding carboxylic acids is 1. The van der Waals surface area contributed by atoms with Crippen LogP contribution in [-0.2, 0) is 4.79 Å². The predicted octanol–water partition coefficient (Wildman–Crippen LogP) is 4.49. The number of imidazole rings is 1. The van der Waals surface area contributed by atoms with Gasteiger partial charge in [-0.3, -0.25) is 9.36 Å². The molecule has 1 atom stereocenters. The molecule has 2 N–H and O–H groups in total. The van der Waals surface area contributed by atoms with E-state index in [4.69, 9.17) is 0 Å². The van der Waals surface area contributed by atoms with Crippen LogP contribution in [0.4, 0.5) is 24.8 Å². The standard InChI is InChI=1S/C21H17F3N6O/c1-13(14-5-3-2-4-6-14)27-20-25-10-9-18(29-20)30-12-26-16-11-15(7-8-17(16)30)28-19(31)21(22,23)24/h2-13H,1H3,(H,28,31)(H,25,27,29). The molecule has 0 aliphatic heterocycles. The topological polar surface area (TPSA) is 84.7 Å². The number of alkyl halides is 3. The zero-order valence-corrected chi connectivity index (χ0v) is 16.3. The van der Waals surface area contributed by atoms with E-state index in [1.54, 1.807) is 22.9 Å². The maximum Gasteiger partial charge on any atom is 0.471 e. The zero-order valence-electron chi connectivity index (χ0n) is 16.3. The van der Waals surface area contributed by atoms with Gasteiger partial charge < -0.3 is 10.6 Å². The lowest BCUT2D eigenvalue weighted by Crippen LogP contribution is -2.29. The summed E-state index contributed by atoms with van der Waals surface area (Å²) < 4.78 is 39.1. The van der Waals surface area contributed by atoms with Gasteiger partial charge in [0, 0.05) is 11.9 Å². The van der Waals surface area contributed by atoms with E-state index >= 15 is 0 Å². The lowest BCUT2D eigenvalue weighted by molar-refractivity contribution is -0.167. The molecule has 0 fully saturated rings. The Morgan fingerprint density at radius 2 is 1.84 bits per heavy atom. The van der Waals surface area contributed by atoms with Gasteiger partial charge in [-0.25, -0.2) is 9.97 Å². The summed E-state index contributed by atoms with van der Waals surface area (Å²) in [7, 11) is 0. The number of nitrogens with zero attached hydrogens (tertiary/aromatic N) is 4. The second-order valence-electron chi connectivity index (χ2n) is 6.79. The van der Waals surface area contributed by atoms with Crippen LogP contribution in [0.2, 0.25) is 0 Å². The van der Waals surface area contributed by atoms with Gasteiger partial charge in [0.15, 0.2) is 0 Å². The molecule has 0 aliphatic rings. The number of carbonyl (C=O) groups is 1. The van der Waals surface area contributed by atoms with E-state index in [-0.39, 0.29) is 11.7 Å². The fourth-order valence-electron chi connectivity index (χ4n) is 3.05. The Kier molecular flexibility index (Phi) is 5.28. The molecular weight excluding hydrogens is 409 g/mol. The van der Waals surface area contributed by atoms with Crippen molar-refractivity contribution < 1.29 is 18.0 Å². The van der Waals surface area contributed by atoms with E-state index in [0.717, 1.165) is 5.56 Å². The smallest absolute Gasteiger partial charge is 0.348 e. The number of aromatic nitrogens is 4. The molecule has 1 unspecified atom stereocenters. The monoisotopic (exact) mass is 426 g/mol. The molecule has 7 nitrogen and oxygen atoms in total. The number of hydrogen-bond acceptors (Lipinski definition) is 5. The highest BCUT2D eigenvalue weighted by molar-refractivity contribution is 5.96. The minimum Gasteiger partial charge on any atom is -0.348 e. The number of amides is 1. The number of benzene rings is 2.